The second-order valence-electron chi connectivity index (χ2n) is 7.12. The maximum absolute atomic E-state index is 13.0. The van der Waals surface area contributed by atoms with Gasteiger partial charge in [0.25, 0.3) is 0 Å². The van der Waals surface area contributed by atoms with Gasteiger partial charge in [-0.05, 0) is 36.1 Å². The molecule has 1 amide bonds. The fourth-order valence-electron chi connectivity index (χ4n) is 3.84. The SMILES string of the molecule is O=C(O)CC1(C(=O)NCc2nc3cc([B]O)ccc3s2)Cc2ccccc2C1. The molecule has 0 atom stereocenters. The lowest BCUT2D eigenvalue weighted by Gasteiger charge is -2.25. The standard InChI is InChI=1S/C20H18BN2O4S/c24-18(25)10-20(8-12-3-1-2-4-13(12)9-20)19(26)22-11-17-23-15-7-14(21-27)5-6-16(15)28-17/h1-7,27H,8-11H2,(H,22,26)(H,24,25). The van der Waals surface area contributed by atoms with Gasteiger partial charge in [0.1, 0.15) is 5.01 Å². The summed E-state index contributed by atoms with van der Waals surface area (Å²) in [6.07, 6.45) is 0.650. The third-order valence-corrected chi connectivity index (χ3v) is 6.19. The van der Waals surface area contributed by atoms with Crippen LogP contribution in [0.3, 0.4) is 0 Å². The molecule has 0 saturated heterocycles. The molecule has 4 rings (SSSR count). The summed E-state index contributed by atoms with van der Waals surface area (Å²) in [7, 11) is 1.02. The molecule has 0 spiro atoms. The molecule has 0 saturated carbocycles. The van der Waals surface area contributed by atoms with Crippen LogP contribution >= 0.6 is 11.3 Å². The van der Waals surface area contributed by atoms with E-state index in [2.05, 4.69) is 10.3 Å². The van der Waals surface area contributed by atoms with Crippen LogP contribution in [-0.4, -0.2) is 34.5 Å². The van der Waals surface area contributed by atoms with Crippen molar-refractivity contribution in [3.63, 3.8) is 0 Å². The monoisotopic (exact) mass is 393 g/mol. The molecule has 141 valence electrons. The van der Waals surface area contributed by atoms with Crippen molar-refractivity contribution in [2.45, 2.75) is 25.8 Å². The van der Waals surface area contributed by atoms with Crippen molar-refractivity contribution in [2.24, 2.45) is 5.41 Å². The third-order valence-electron chi connectivity index (χ3n) is 5.15. The van der Waals surface area contributed by atoms with E-state index in [1.165, 1.54) is 11.3 Å². The van der Waals surface area contributed by atoms with Gasteiger partial charge < -0.3 is 15.4 Å². The first-order valence-corrected chi connectivity index (χ1v) is 9.74. The number of benzene rings is 2. The topological polar surface area (TPSA) is 99.5 Å². The average Bonchev–Trinajstić information content (AvgIpc) is 3.25. The number of carboxylic acids is 1. The smallest absolute Gasteiger partial charge is 0.326 e. The zero-order valence-electron chi connectivity index (χ0n) is 15.0. The lowest BCUT2D eigenvalue weighted by molar-refractivity contribution is -0.145. The molecule has 1 aromatic heterocycles. The van der Waals surface area contributed by atoms with Gasteiger partial charge in [-0.25, -0.2) is 4.98 Å². The first-order valence-electron chi connectivity index (χ1n) is 8.93. The van der Waals surface area contributed by atoms with Gasteiger partial charge in [0.05, 0.1) is 28.6 Å². The van der Waals surface area contributed by atoms with Crippen molar-refractivity contribution in [2.75, 3.05) is 0 Å². The molecule has 1 radical (unpaired) electrons. The Morgan fingerprint density at radius 3 is 2.54 bits per heavy atom. The van der Waals surface area contributed by atoms with E-state index in [1.807, 2.05) is 30.3 Å². The lowest BCUT2D eigenvalue weighted by atomic mass is 9.80. The highest BCUT2D eigenvalue weighted by Gasteiger charge is 2.45. The van der Waals surface area contributed by atoms with Crippen LogP contribution in [0.5, 0.6) is 0 Å². The number of rotatable bonds is 6. The van der Waals surface area contributed by atoms with Crippen molar-refractivity contribution in [1.29, 1.82) is 0 Å². The summed E-state index contributed by atoms with van der Waals surface area (Å²) in [5.74, 6) is -1.23. The molecule has 1 aliphatic carbocycles. The molecule has 28 heavy (non-hydrogen) atoms. The number of carbonyl (C=O) groups excluding carboxylic acids is 1. The van der Waals surface area contributed by atoms with E-state index in [0.717, 1.165) is 33.8 Å². The number of carboxylic acid groups (broad SMARTS) is 1. The zero-order chi connectivity index (χ0) is 19.7. The van der Waals surface area contributed by atoms with Gasteiger partial charge in [0.2, 0.25) is 5.91 Å². The Hall–Kier alpha value is -2.71. The Kier molecular flexibility index (Phi) is 4.91. The van der Waals surface area contributed by atoms with Crippen molar-refractivity contribution < 1.29 is 19.7 Å². The molecule has 1 aliphatic rings. The van der Waals surface area contributed by atoms with Crippen molar-refractivity contribution in [3.05, 3.63) is 58.6 Å². The van der Waals surface area contributed by atoms with Gasteiger partial charge in [-0.15, -0.1) is 11.3 Å². The van der Waals surface area contributed by atoms with E-state index in [9.17, 15) is 14.7 Å². The van der Waals surface area contributed by atoms with E-state index < -0.39 is 11.4 Å². The Morgan fingerprint density at radius 1 is 1.18 bits per heavy atom. The van der Waals surface area contributed by atoms with Crippen LogP contribution in [0.25, 0.3) is 10.2 Å². The largest absolute Gasteiger partial charge is 0.481 e. The number of hydrogen-bond donors (Lipinski definition) is 3. The molecule has 8 heteroatoms. The minimum atomic E-state index is -0.976. The summed E-state index contributed by atoms with van der Waals surface area (Å²) in [5.41, 5.74) is 2.52. The minimum Gasteiger partial charge on any atom is -0.481 e. The summed E-state index contributed by atoms with van der Waals surface area (Å²) in [6, 6.07) is 13.2. The summed E-state index contributed by atoms with van der Waals surface area (Å²) in [6.45, 7) is 0.244. The van der Waals surface area contributed by atoms with Gasteiger partial charge >= 0.3 is 13.5 Å². The highest BCUT2D eigenvalue weighted by molar-refractivity contribution is 7.18. The van der Waals surface area contributed by atoms with Crippen molar-refractivity contribution >= 4 is 46.4 Å². The van der Waals surface area contributed by atoms with E-state index in [0.29, 0.717) is 18.3 Å². The molecule has 6 nitrogen and oxygen atoms in total. The number of amides is 1. The Morgan fingerprint density at radius 2 is 1.89 bits per heavy atom. The predicted molar refractivity (Wildman–Crippen MR) is 108 cm³/mol. The summed E-state index contributed by atoms with van der Waals surface area (Å²) >= 11 is 1.46. The van der Waals surface area contributed by atoms with E-state index in [1.54, 1.807) is 12.1 Å². The van der Waals surface area contributed by atoms with Gasteiger partial charge in [-0.3, -0.25) is 9.59 Å². The first-order chi connectivity index (χ1) is 13.5. The number of hydrogen-bond acceptors (Lipinski definition) is 5. The zero-order valence-corrected chi connectivity index (χ0v) is 15.8. The van der Waals surface area contributed by atoms with E-state index in [4.69, 9.17) is 5.02 Å². The molecule has 2 aromatic carbocycles. The van der Waals surface area contributed by atoms with Gasteiger partial charge in [0.15, 0.2) is 0 Å². The van der Waals surface area contributed by atoms with Crippen LogP contribution in [-0.2, 0) is 29.0 Å². The highest BCUT2D eigenvalue weighted by atomic mass is 32.1. The number of fused-ring (bicyclic) bond motifs is 2. The second kappa shape index (κ2) is 7.37. The number of aliphatic carboxylic acids is 1. The molecule has 0 fully saturated rings. The van der Waals surface area contributed by atoms with Crippen LogP contribution in [0.2, 0.25) is 0 Å². The van der Waals surface area contributed by atoms with Crippen LogP contribution in [0.1, 0.15) is 22.6 Å². The quantitative estimate of drug-likeness (QED) is 0.550. The predicted octanol–water partition coefficient (Wildman–Crippen LogP) is 1.41. The first kappa shape index (κ1) is 18.6. The minimum absolute atomic E-state index is 0.205. The second-order valence-corrected chi connectivity index (χ2v) is 8.23. The third kappa shape index (κ3) is 3.53. The lowest BCUT2D eigenvalue weighted by Crippen LogP contribution is -2.43. The van der Waals surface area contributed by atoms with Gasteiger partial charge in [0, 0.05) is 0 Å². The number of thiazole rings is 1. The van der Waals surface area contributed by atoms with Gasteiger partial charge in [-0.2, -0.15) is 0 Å². The van der Waals surface area contributed by atoms with Crippen molar-refractivity contribution in [1.82, 2.24) is 10.3 Å². The summed E-state index contributed by atoms with van der Waals surface area (Å²) < 4.78 is 0.961. The maximum Gasteiger partial charge on any atom is 0.326 e. The molecule has 3 aromatic rings. The fourth-order valence-corrected chi connectivity index (χ4v) is 4.73. The van der Waals surface area contributed by atoms with Crippen LogP contribution in [0.15, 0.2) is 42.5 Å². The molecular weight excluding hydrogens is 375 g/mol. The number of nitrogens with zero attached hydrogens (tertiary/aromatic N) is 1. The molecule has 0 aliphatic heterocycles. The highest BCUT2D eigenvalue weighted by Crippen LogP contribution is 2.40. The molecule has 3 N–H and O–H groups in total. The fraction of sp³-hybridized carbons (Fsp3) is 0.250. The number of nitrogens with one attached hydrogen (secondary N) is 1. The maximum atomic E-state index is 13.0. The normalized spacial score (nSPS) is 14.6. The molecule has 0 unspecified atom stereocenters. The van der Waals surface area contributed by atoms with Crippen LogP contribution in [0, 0.1) is 5.41 Å². The van der Waals surface area contributed by atoms with Gasteiger partial charge in [-0.1, -0.05) is 35.8 Å². The summed E-state index contributed by atoms with van der Waals surface area (Å²) in [4.78, 5) is 29.0. The Labute approximate surface area is 166 Å². The van der Waals surface area contributed by atoms with Crippen LogP contribution in [0.4, 0.5) is 0 Å². The Bertz CT molecular complexity index is 1040. The number of carbonyl (C=O) groups is 2. The molecule has 0 bridgehead atoms. The number of aromatic nitrogens is 1. The average molecular weight is 393 g/mol. The van der Waals surface area contributed by atoms with Crippen LogP contribution < -0.4 is 10.8 Å². The molecular formula is C20H18BN2O4S. The molecule has 1 heterocycles. The van der Waals surface area contributed by atoms with Crippen molar-refractivity contribution in [3.8, 4) is 0 Å². The summed E-state index contributed by atoms with van der Waals surface area (Å²) in [5, 5.41) is 22.1. The Balaban J connectivity index is 1.52. The van der Waals surface area contributed by atoms with E-state index >= 15 is 0 Å². The van der Waals surface area contributed by atoms with E-state index in [-0.39, 0.29) is 18.9 Å².